The molecule has 1 N–H and O–H groups in total. The molecule has 2 nitrogen and oxygen atoms in total. The van der Waals surface area contributed by atoms with Gasteiger partial charge in [0, 0.05) is 15.2 Å². The van der Waals surface area contributed by atoms with Gasteiger partial charge < -0.3 is 4.98 Å². The largest absolute Gasteiger partial charge is 0.330 e. The van der Waals surface area contributed by atoms with Crippen LogP contribution in [0.5, 0.6) is 0 Å². The van der Waals surface area contributed by atoms with E-state index in [4.69, 9.17) is 23.8 Å². The van der Waals surface area contributed by atoms with Crippen LogP contribution in [0.25, 0.3) is 16.7 Å². The zero-order valence-corrected chi connectivity index (χ0v) is 12.3. The van der Waals surface area contributed by atoms with Gasteiger partial charge in [-0.25, -0.2) is 0 Å². The first-order valence-corrected chi connectivity index (χ1v) is 6.89. The van der Waals surface area contributed by atoms with E-state index in [1.165, 1.54) is 0 Å². The molecular weight excluding hydrogens is 332 g/mol. The first-order chi connectivity index (χ1) is 8.65. The number of aromatic amines is 1. The summed E-state index contributed by atoms with van der Waals surface area (Å²) in [5.74, 6) is 0. The molecule has 0 unspecified atom stereocenters. The van der Waals surface area contributed by atoms with Gasteiger partial charge in [-0.3, -0.25) is 4.57 Å². The molecule has 1 aromatic heterocycles. The molecular formula is C13H8BrClN2S. The highest BCUT2D eigenvalue weighted by Gasteiger charge is 2.06. The predicted molar refractivity (Wildman–Crippen MR) is 81.2 cm³/mol. The van der Waals surface area contributed by atoms with Crippen molar-refractivity contribution < 1.29 is 0 Å². The Hall–Kier alpha value is -1.10. The van der Waals surface area contributed by atoms with E-state index in [2.05, 4.69) is 20.9 Å². The predicted octanol–water partition coefficient (Wildman–Crippen LogP) is 5.10. The van der Waals surface area contributed by atoms with E-state index in [9.17, 15) is 0 Å². The van der Waals surface area contributed by atoms with Crippen molar-refractivity contribution >= 4 is 50.8 Å². The summed E-state index contributed by atoms with van der Waals surface area (Å²) < 4.78 is 3.67. The minimum atomic E-state index is 0.662. The van der Waals surface area contributed by atoms with Crippen LogP contribution in [0.1, 0.15) is 0 Å². The Morgan fingerprint density at radius 3 is 2.56 bits per heavy atom. The van der Waals surface area contributed by atoms with Gasteiger partial charge in [0.2, 0.25) is 0 Å². The SMILES string of the molecule is S=c1[nH]c2ccc(Cl)cc2n1-c1ccc(Br)cc1. The molecule has 0 amide bonds. The summed E-state index contributed by atoms with van der Waals surface area (Å²) >= 11 is 14.8. The Morgan fingerprint density at radius 2 is 1.83 bits per heavy atom. The normalized spacial score (nSPS) is 11.0. The first-order valence-electron chi connectivity index (χ1n) is 5.31. The van der Waals surface area contributed by atoms with E-state index in [1.54, 1.807) is 0 Å². The van der Waals surface area contributed by atoms with Crippen molar-refractivity contribution in [2.45, 2.75) is 0 Å². The molecule has 0 radical (unpaired) electrons. The van der Waals surface area contributed by atoms with Crippen LogP contribution in [-0.4, -0.2) is 9.55 Å². The van der Waals surface area contributed by atoms with Gasteiger partial charge in [0.25, 0.3) is 0 Å². The van der Waals surface area contributed by atoms with Gasteiger partial charge in [0.15, 0.2) is 4.77 Å². The van der Waals surface area contributed by atoms with Gasteiger partial charge in [-0.2, -0.15) is 0 Å². The lowest BCUT2D eigenvalue weighted by Crippen LogP contribution is -1.93. The van der Waals surface area contributed by atoms with Gasteiger partial charge >= 0.3 is 0 Å². The average Bonchev–Trinajstić information content (AvgIpc) is 2.66. The summed E-state index contributed by atoms with van der Waals surface area (Å²) in [5.41, 5.74) is 2.97. The molecule has 0 bridgehead atoms. The van der Waals surface area contributed by atoms with Crippen molar-refractivity contribution in [3.63, 3.8) is 0 Å². The molecule has 0 aliphatic rings. The molecule has 0 saturated heterocycles. The number of fused-ring (bicyclic) bond motifs is 1. The third-order valence-electron chi connectivity index (χ3n) is 2.73. The molecule has 0 aliphatic carbocycles. The highest BCUT2D eigenvalue weighted by Crippen LogP contribution is 2.23. The molecule has 3 rings (SSSR count). The molecule has 0 fully saturated rings. The van der Waals surface area contributed by atoms with Crippen molar-refractivity contribution in [3.05, 3.63) is 56.7 Å². The van der Waals surface area contributed by atoms with E-state index in [0.717, 1.165) is 21.2 Å². The van der Waals surface area contributed by atoms with Crippen molar-refractivity contribution in [1.29, 1.82) is 0 Å². The quantitative estimate of drug-likeness (QED) is 0.611. The first kappa shape index (κ1) is 12.0. The van der Waals surface area contributed by atoms with Crippen molar-refractivity contribution in [3.8, 4) is 5.69 Å². The second-order valence-corrected chi connectivity index (χ2v) is 5.64. The van der Waals surface area contributed by atoms with Crippen LogP contribution in [0.15, 0.2) is 46.9 Å². The van der Waals surface area contributed by atoms with E-state index in [-0.39, 0.29) is 0 Å². The Morgan fingerprint density at radius 1 is 1.11 bits per heavy atom. The maximum Gasteiger partial charge on any atom is 0.182 e. The van der Waals surface area contributed by atoms with Crippen LogP contribution in [-0.2, 0) is 0 Å². The number of imidazole rings is 1. The van der Waals surface area contributed by atoms with Crippen LogP contribution in [0.3, 0.4) is 0 Å². The highest BCUT2D eigenvalue weighted by molar-refractivity contribution is 9.10. The zero-order chi connectivity index (χ0) is 12.7. The minimum absolute atomic E-state index is 0.662. The smallest absolute Gasteiger partial charge is 0.182 e. The van der Waals surface area contributed by atoms with Crippen molar-refractivity contribution in [1.82, 2.24) is 9.55 Å². The Labute approximate surface area is 122 Å². The van der Waals surface area contributed by atoms with Crippen LogP contribution in [0, 0.1) is 4.77 Å². The summed E-state index contributed by atoms with van der Waals surface area (Å²) in [6.45, 7) is 0. The highest BCUT2D eigenvalue weighted by atomic mass is 79.9. The summed E-state index contributed by atoms with van der Waals surface area (Å²) in [6, 6.07) is 13.7. The number of benzene rings is 2. The van der Waals surface area contributed by atoms with Gasteiger partial charge in [0.05, 0.1) is 11.0 Å². The van der Waals surface area contributed by atoms with Crippen LogP contribution >= 0.6 is 39.7 Å². The summed E-state index contributed by atoms with van der Waals surface area (Å²) in [6.07, 6.45) is 0. The number of rotatable bonds is 1. The summed E-state index contributed by atoms with van der Waals surface area (Å²) in [5, 5.41) is 0.697. The van der Waals surface area contributed by atoms with Crippen LogP contribution < -0.4 is 0 Å². The fourth-order valence-corrected chi connectivity index (χ4v) is 2.67. The molecule has 1 heterocycles. The summed E-state index contributed by atoms with van der Waals surface area (Å²) in [7, 11) is 0. The molecule has 18 heavy (non-hydrogen) atoms. The standard InChI is InChI=1S/C13H8BrClN2S/c14-8-1-4-10(5-2-8)17-12-7-9(15)3-6-11(12)16-13(17)18/h1-7H,(H,16,18). The topological polar surface area (TPSA) is 20.7 Å². The van der Waals surface area contributed by atoms with Gasteiger partial charge in [-0.05, 0) is 54.7 Å². The summed E-state index contributed by atoms with van der Waals surface area (Å²) in [4.78, 5) is 3.17. The van der Waals surface area contributed by atoms with E-state index >= 15 is 0 Å². The average molecular weight is 340 g/mol. The van der Waals surface area contributed by atoms with Gasteiger partial charge in [0.1, 0.15) is 0 Å². The van der Waals surface area contributed by atoms with Gasteiger partial charge in [-0.15, -0.1) is 0 Å². The molecule has 90 valence electrons. The van der Waals surface area contributed by atoms with Crippen LogP contribution in [0.2, 0.25) is 5.02 Å². The molecule has 0 aliphatic heterocycles. The van der Waals surface area contributed by atoms with Crippen LogP contribution in [0.4, 0.5) is 0 Å². The van der Waals surface area contributed by atoms with E-state index in [0.29, 0.717) is 9.79 Å². The molecule has 0 atom stereocenters. The lowest BCUT2D eigenvalue weighted by Gasteiger charge is -2.04. The molecule has 0 spiro atoms. The minimum Gasteiger partial charge on any atom is -0.330 e. The van der Waals surface area contributed by atoms with E-state index in [1.807, 2.05) is 47.0 Å². The number of aromatic nitrogens is 2. The second-order valence-electron chi connectivity index (χ2n) is 3.90. The lowest BCUT2D eigenvalue weighted by atomic mass is 10.3. The number of H-pyrrole nitrogens is 1. The van der Waals surface area contributed by atoms with E-state index < -0.39 is 0 Å². The Kier molecular flexibility index (Phi) is 3.01. The third kappa shape index (κ3) is 2.00. The number of nitrogens with one attached hydrogen (secondary N) is 1. The van der Waals surface area contributed by atoms with Gasteiger partial charge in [-0.1, -0.05) is 27.5 Å². The maximum absolute atomic E-state index is 6.04. The molecule has 2 aromatic carbocycles. The molecule has 0 saturated carbocycles. The molecule has 3 aromatic rings. The fourth-order valence-electron chi connectivity index (χ4n) is 1.92. The third-order valence-corrected chi connectivity index (χ3v) is 3.78. The molecule has 5 heteroatoms. The number of nitrogens with zero attached hydrogens (tertiary/aromatic N) is 1. The fraction of sp³-hybridized carbons (Fsp3) is 0. The monoisotopic (exact) mass is 338 g/mol. The number of hydrogen-bond donors (Lipinski definition) is 1. The van der Waals surface area contributed by atoms with Crippen molar-refractivity contribution in [2.75, 3.05) is 0 Å². The Balaban J connectivity index is 2.34. The maximum atomic E-state index is 6.04. The number of hydrogen-bond acceptors (Lipinski definition) is 1. The Bertz CT molecular complexity index is 774. The van der Waals surface area contributed by atoms with Crippen molar-refractivity contribution in [2.24, 2.45) is 0 Å². The second kappa shape index (κ2) is 4.53. The number of halogens is 2. The zero-order valence-electron chi connectivity index (χ0n) is 9.15. The lowest BCUT2D eigenvalue weighted by molar-refractivity contribution is 1.06.